The van der Waals surface area contributed by atoms with Crippen molar-refractivity contribution >= 4 is 17.7 Å². The second kappa shape index (κ2) is 7.82. The molecular weight excluding hydrogens is 364 g/mol. The maximum absolute atomic E-state index is 13.2. The van der Waals surface area contributed by atoms with Crippen LogP contribution in [0, 0.1) is 19.8 Å². The van der Waals surface area contributed by atoms with Crippen molar-refractivity contribution in [1.82, 2.24) is 10.2 Å². The van der Waals surface area contributed by atoms with Crippen LogP contribution in [0.15, 0.2) is 42.5 Å². The van der Waals surface area contributed by atoms with Crippen molar-refractivity contribution in [3.05, 3.63) is 70.3 Å². The van der Waals surface area contributed by atoms with Crippen LogP contribution in [0.4, 0.5) is 0 Å². The Labute approximate surface area is 171 Å². The second-order valence-corrected chi connectivity index (χ2v) is 8.21. The highest BCUT2D eigenvalue weighted by atomic mass is 16.2. The lowest BCUT2D eigenvalue weighted by Gasteiger charge is -2.26. The van der Waals surface area contributed by atoms with Crippen molar-refractivity contribution in [1.29, 1.82) is 0 Å². The van der Waals surface area contributed by atoms with Crippen molar-refractivity contribution in [3.63, 3.8) is 0 Å². The first-order chi connectivity index (χ1) is 13.9. The fourth-order valence-electron chi connectivity index (χ4n) is 4.33. The van der Waals surface area contributed by atoms with Crippen LogP contribution in [-0.2, 0) is 16.0 Å². The normalized spacial score (nSPS) is 21.5. The van der Waals surface area contributed by atoms with Gasteiger partial charge >= 0.3 is 0 Å². The molecule has 29 heavy (non-hydrogen) atoms. The van der Waals surface area contributed by atoms with Crippen molar-refractivity contribution < 1.29 is 14.4 Å². The third kappa shape index (κ3) is 3.95. The van der Waals surface area contributed by atoms with Crippen LogP contribution in [0.25, 0.3) is 0 Å². The number of nitrogens with zero attached hydrogens (tertiary/aromatic N) is 1. The molecular formula is C24H26N2O3. The van der Waals surface area contributed by atoms with Gasteiger partial charge in [-0.25, -0.2) is 0 Å². The summed E-state index contributed by atoms with van der Waals surface area (Å²) in [5.41, 5.74) is 5.34. The molecule has 1 N–H and O–H groups in total. The SMILES string of the molecule is Cc1ccc([C@H]2CCCN2C(=O)c2ccc(C[C@H]3CC(=O)NC3=O)cc2)cc1C. The largest absolute Gasteiger partial charge is 0.332 e. The zero-order chi connectivity index (χ0) is 20.5. The average molecular weight is 390 g/mol. The first kappa shape index (κ1) is 19.4. The van der Waals surface area contributed by atoms with E-state index in [1.54, 1.807) is 0 Å². The summed E-state index contributed by atoms with van der Waals surface area (Å²) in [6.07, 6.45) is 2.75. The average Bonchev–Trinajstić information content (AvgIpc) is 3.30. The maximum atomic E-state index is 13.2. The molecule has 0 unspecified atom stereocenters. The molecule has 4 rings (SSSR count). The molecule has 2 aliphatic heterocycles. The van der Waals surface area contributed by atoms with Gasteiger partial charge in [0.15, 0.2) is 0 Å². The van der Waals surface area contributed by atoms with Gasteiger partial charge in [-0.15, -0.1) is 0 Å². The molecule has 0 saturated carbocycles. The number of hydrogen-bond donors (Lipinski definition) is 1. The first-order valence-electron chi connectivity index (χ1n) is 10.2. The standard InChI is InChI=1S/C24H26N2O3/c1-15-5-8-19(12-16(15)2)21-4-3-11-26(21)24(29)18-9-6-17(7-10-18)13-20-14-22(27)25-23(20)28/h5-10,12,20-21H,3-4,11,13-14H2,1-2H3,(H,25,27,28)/t20-,21+/m0/s1. The zero-order valence-electron chi connectivity index (χ0n) is 16.9. The molecule has 0 spiro atoms. The van der Waals surface area contributed by atoms with Gasteiger partial charge in [-0.05, 0) is 67.5 Å². The number of amides is 3. The molecule has 0 bridgehead atoms. The van der Waals surface area contributed by atoms with E-state index in [0.29, 0.717) is 12.0 Å². The van der Waals surface area contributed by atoms with E-state index in [1.807, 2.05) is 29.2 Å². The predicted molar refractivity (Wildman–Crippen MR) is 110 cm³/mol. The van der Waals surface area contributed by atoms with Gasteiger partial charge in [0.25, 0.3) is 5.91 Å². The first-order valence-corrected chi connectivity index (χ1v) is 10.2. The van der Waals surface area contributed by atoms with E-state index in [1.165, 1.54) is 16.7 Å². The Balaban J connectivity index is 1.47. The summed E-state index contributed by atoms with van der Waals surface area (Å²) >= 11 is 0. The molecule has 2 aliphatic rings. The van der Waals surface area contributed by atoms with E-state index >= 15 is 0 Å². The third-order valence-electron chi connectivity index (χ3n) is 6.18. The highest BCUT2D eigenvalue weighted by Crippen LogP contribution is 2.34. The van der Waals surface area contributed by atoms with Gasteiger partial charge in [0, 0.05) is 18.5 Å². The lowest BCUT2D eigenvalue weighted by molar-refractivity contribution is -0.125. The second-order valence-electron chi connectivity index (χ2n) is 8.21. The Morgan fingerprint density at radius 3 is 2.48 bits per heavy atom. The fourth-order valence-corrected chi connectivity index (χ4v) is 4.33. The lowest BCUT2D eigenvalue weighted by Crippen LogP contribution is -2.30. The highest BCUT2D eigenvalue weighted by Gasteiger charge is 2.32. The molecule has 2 aromatic carbocycles. The van der Waals surface area contributed by atoms with E-state index in [2.05, 4.69) is 37.4 Å². The van der Waals surface area contributed by atoms with Crippen LogP contribution in [0.3, 0.4) is 0 Å². The quantitative estimate of drug-likeness (QED) is 0.813. The number of nitrogens with one attached hydrogen (secondary N) is 1. The maximum Gasteiger partial charge on any atom is 0.254 e. The smallest absolute Gasteiger partial charge is 0.254 e. The van der Waals surface area contributed by atoms with Crippen molar-refractivity contribution in [3.8, 4) is 0 Å². The molecule has 150 valence electrons. The van der Waals surface area contributed by atoms with Crippen molar-refractivity contribution in [2.45, 2.75) is 45.6 Å². The number of likely N-dealkylation sites (tertiary alicyclic amines) is 1. The summed E-state index contributed by atoms with van der Waals surface area (Å²) in [6, 6.07) is 14.0. The number of hydrogen-bond acceptors (Lipinski definition) is 3. The van der Waals surface area contributed by atoms with E-state index in [4.69, 9.17) is 0 Å². The molecule has 2 atom stereocenters. The number of imide groups is 1. The van der Waals surface area contributed by atoms with Gasteiger partial charge in [-0.2, -0.15) is 0 Å². The monoisotopic (exact) mass is 390 g/mol. The number of carbonyl (C=O) groups is 3. The predicted octanol–water partition coefficient (Wildman–Crippen LogP) is 3.49. The van der Waals surface area contributed by atoms with Gasteiger partial charge in [0.05, 0.1) is 12.0 Å². The van der Waals surface area contributed by atoms with E-state index < -0.39 is 0 Å². The highest BCUT2D eigenvalue weighted by molar-refractivity contribution is 6.03. The fraction of sp³-hybridized carbons (Fsp3) is 0.375. The van der Waals surface area contributed by atoms with Crippen LogP contribution in [0.1, 0.15) is 57.9 Å². The molecule has 2 aromatic rings. The van der Waals surface area contributed by atoms with Crippen molar-refractivity contribution in [2.24, 2.45) is 5.92 Å². The number of aryl methyl sites for hydroxylation is 2. The Bertz CT molecular complexity index is 965. The topological polar surface area (TPSA) is 66.5 Å². The molecule has 5 nitrogen and oxygen atoms in total. The summed E-state index contributed by atoms with van der Waals surface area (Å²) in [5.74, 6) is -0.676. The summed E-state index contributed by atoms with van der Waals surface area (Å²) in [4.78, 5) is 38.2. The van der Waals surface area contributed by atoms with E-state index in [9.17, 15) is 14.4 Å². The molecule has 2 fully saturated rings. The van der Waals surface area contributed by atoms with Gasteiger partial charge in [-0.3, -0.25) is 19.7 Å². The molecule has 2 saturated heterocycles. The summed E-state index contributed by atoms with van der Waals surface area (Å²) in [7, 11) is 0. The summed E-state index contributed by atoms with van der Waals surface area (Å²) in [6.45, 7) is 4.97. The third-order valence-corrected chi connectivity index (χ3v) is 6.18. The zero-order valence-corrected chi connectivity index (χ0v) is 16.9. The minimum Gasteiger partial charge on any atom is -0.332 e. The minimum atomic E-state index is -0.309. The van der Waals surface area contributed by atoms with Gasteiger partial charge in [0.1, 0.15) is 0 Å². The number of carbonyl (C=O) groups excluding carboxylic acids is 3. The molecule has 0 aliphatic carbocycles. The van der Waals surface area contributed by atoms with Gasteiger partial charge < -0.3 is 4.90 Å². The van der Waals surface area contributed by atoms with Crippen LogP contribution in [0.2, 0.25) is 0 Å². The Hall–Kier alpha value is -2.95. The molecule has 3 amide bonds. The number of rotatable bonds is 4. The summed E-state index contributed by atoms with van der Waals surface area (Å²) < 4.78 is 0. The van der Waals surface area contributed by atoms with Crippen LogP contribution >= 0.6 is 0 Å². The molecule has 0 aromatic heterocycles. The Kier molecular flexibility index (Phi) is 5.22. The Morgan fingerprint density at radius 1 is 1.07 bits per heavy atom. The molecule has 2 heterocycles. The summed E-state index contributed by atoms with van der Waals surface area (Å²) in [5, 5.41) is 2.34. The van der Waals surface area contributed by atoms with Crippen LogP contribution < -0.4 is 5.32 Å². The molecule has 0 radical (unpaired) electrons. The van der Waals surface area contributed by atoms with E-state index in [0.717, 1.165) is 24.9 Å². The van der Waals surface area contributed by atoms with Crippen LogP contribution in [0.5, 0.6) is 0 Å². The Morgan fingerprint density at radius 2 is 1.83 bits per heavy atom. The lowest BCUT2D eigenvalue weighted by atomic mass is 9.96. The molecule has 5 heteroatoms. The number of benzene rings is 2. The minimum absolute atomic E-state index is 0.0473. The van der Waals surface area contributed by atoms with Crippen LogP contribution in [-0.4, -0.2) is 29.2 Å². The van der Waals surface area contributed by atoms with Gasteiger partial charge in [0.2, 0.25) is 11.8 Å². The van der Waals surface area contributed by atoms with Crippen molar-refractivity contribution in [2.75, 3.05) is 6.54 Å². The van der Waals surface area contributed by atoms with E-state index in [-0.39, 0.29) is 36.1 Å². The van der Waals surface area contributed by atoms with Gasteiger partial charge in [-0.1, -0.05) is 30.3 Å².